The second kappa shape index (κ2) is 5.53. The quantitative estimate of drug-likeness (QED) is 0.745. The molecule has 0 bridgehead atoms. The van der Waals surface area contributed by atoms with Gasteiger partial charge >= 0.3 is 0 Å². The maximum atomic E-state index is 13.1. The molecule has 15 heavy (non-hydrogen) atoms. The Kier molecular flexibility index (Phi) is 4.33. The maximum Gasteiger partial charge on any atom is 0.123 e. The van der Waals surface area contributed by atoms with Crippen LogP contribution in [0, 0.1) is 25.1 Å². The molecule has 1 N–H and O–H groups in total. The molecule has 0 aromatic heterocycles. The number of terminal acetylenes is 1. The summed E-state index contributed by atoms with van der Waals surface area (Å²) in [4.78, 5) is 0. The van der Waals surface area contributed by atoms with Crippen molar-refractivity contribution in [2.45, 2.75) is 26.3 Å². The number of rotatable bonds is 4. The van der Waals surface area contributed by atoms with E-state index in [0.717, 1.165) is 24.1 Å². The van der Waals surface area contributed by atoms with Gasteiger partial charge in [0.1, 0.15) is 5.82 Å². The molecule has 0 amide bonds. The SMILES string of the molecule is C#CC(NCCC)c1cc(F)ccc1C. The summed E-state index contributed by atoms with van der Waals surface area (Å²) in [6, 6.07) is 4.51. The van der Waals surface area contributed by atoms with Gasteiger partial charge in [-0.25, -0.2) is 4.39 Å². The van der Waals surface area contributed by atoms with E-state index in [1.165, 1.54) is 12.1 Å². The molecule has 0 fully saturated rings. The lowest BCUT2D eigenvalue weighted by atomic mass is 10.0. The fourth-order valence-corrected chi connectivity index (χ4v) is 1.47. The van der Waals surface area contributed by atoms with Gasteiger partial charge in [0.15, 0.2) is 0 Å². The second-order valence-electron chi connectivity index (χ2n) is 3.55. The molecule has 1 aromatic rings. The first-order valence-electron chi connectivity index (χ1n) is 5.14. The summed E-state index contributed by atoms with van der Waals surface area (Å²) in [6.07, 6.45) is 6.44. The molecule has 0 aliphatic carbocycles. The van der Waals surface area contributed by atoms with E-state index in [1.807, 2.05) is 6.92 Å². The average molecular weight is 205 g/mol. The summed E-state index contributed by atoms with van der Waals surface area (Å²) in [5.41, 5.74) is 1.87. The molecule has 80 valence electrons. The van der Waals surface area contributed by atoms with Crippen LogP contribution in [0.1, 0.15) is 30.5 Å². The van der Waals surface area contributed by atoms with Crippen LogP contribution in [0.5, 0.6) is 0 Å². The third-order valence-corrected chi connectivity index (χ3v) is 2.32. The van der Waals surface area contributed by atoms with Gasteiger partial charge in [-0.3, -0.25) is 5.32 Å². The number of nitrogens with one attached hydrogen (secondary N) is 1. The van der Waals surface area contributed by atoms with E-state index in [2.05, 4.69) is 18.2 Å². The molecule has 0 spiro atoms. The van der Waals surface area contributed by atoms with Crippen LogP contribution in [0.15, 0.2) is 18.2 Å². The average Bonchev–Trinajstić information content (AvgIpc) is 2.24. The molecule has 1 unspecified atom stereocenters. The van der Waals surface area contributed by atoms with Crippen molar-refractivity contribution in [2.75, 3.05) is 6.54 Å². The Labute approximate surface area is 90.7 Å². The van der Waals surface area contributed by atoms with Crippen LogP contribution in [-0.4, -0.2) is 6.54 Å². The van der Waals surface area contributed by atoms with Gasteiger partial charge in [0, 0.05) is 0 Å². The fraction of sp³-hybridized carbons (Fsp3) is 0.385. The minimum Gasteiger partial charge on any atom is -0.300 e. The number of benzene rings is 1. The molecule has 1 atom stereocenters. The zero-order chi connectivity index (χ0) is 11.3. The highest BCUT2D eigenvalue weighted by molar-refractivity contribution is 5.33. The molecule has 0 aliphatic rings. The Balaban J connectivity index is 2.91. The minimum atomic E-state index is -0.242. The van der Waals surface area contributed by atoms with Crippen LogP contribution < -0.4 is 5.32 Å². The van der Waals surface area contributed by atoms with Crippen molar-refractivity contribution in [3.8, 4) is 12.3 Å². The van der Waals surface area contributed by atoms with Gasteiger partial charge in [-0.15, -0.1) is 6.42 Å². The van der Waals surface area contributed by atoms with Crippen LogP contribution in [-0.2, 0) is 0 Å². The highest BCUT2D eigenvalue weighted by Gasteiger charge is 2.10. The van der Waals surface area contributed by atoms with Gasteiger partial charge < -0.3 is 0 Å². The molecule has 0 saturated carbocycles. The van der Waals surface area contributed by atoms with Gasteiger partial charge in [-0.05, 0) is 43.1 Å². The second-order valence-corrected chi connectivity index (χ2v) is 3.55. The van der Waals surface area contributed by atoms with E-state index in [9.17, 15) is 4.39 Å². The largest absolute Gasteiger partial charge is 0.300 e. The van der Waals surface area contributed by atoms with Crippen molar-refractivity contribution < 1.29 is 4.39 Å². The molecule has 1 nitrogen and oxygen atoms in total. The van der Waals surface area contributed by atoms with Gasteiger partial charge in [0.2, 0.25) is 0 Å². The van der Waals surface area contributed by atoms with Gasteiger partial charge in [-0.2, -0.15) is 0 Å². The lowest BCUT2D eigenvalue weighted by molar-refractivity contribution is 0.601. The Morgan fingerprint density at radius 2 is 2.27 bits per heavy atom. The van der Waals surface area contributed by atoms with Crippen molar-refractivity contribution in [2.24, 2.45) is 0 Å². The molecule has 0 saturated heterocycles. The van der Waals surface area contributed by atoms with Crippen LogP contribution in [0.4, 0.5) is 4.39 Å². The number of hydrogen-bond acceptors (Lipinski definition) is 1. The molecular weight excluding hydrogens is 189 g/mol. The maximum absolute atomic E-state index is 13.1. The third-order valence-electron chi connectivity index (χ3n) is 2.32. The topological polar surface area (TPSA) is 12.0 Å². The van der Waals surface area contributed by atoms with Crippen LogP contribution >= 0.6 is 0 Å². The summed E-state index contributed by atoms with van der Waals surface area (Å²) < 4.78 is 13.1. The van der Waals surface area contributed by atoms with E-state index in [0.29, 0.717) is 0 Å². The molecule has 2 heteroatoms. The van der Waals surface area contributed by atoms with Crippen LogP contribution in [0.3, 0.4) is 0 Å². The molecule has 0 heterocycles. The lowest BCUT2D eigenvalue weighted by Gasteiger charge is -2.15. The smallest absolute Gasteiger partial charge is 0.123 e. The van der Waals surface area contributed by atoms with E-state index in [-0.39, 0.29) is 11.9 Å². The van der Waals surface area contributed by atoms with Gasteiger partial charge in [0.05, 0.1) is 6.04 Å². The fourth-order valence-electron chi connectivity index (χ4n) is 1.47. The molecule has 0 aliphatic heterocycles. The summed E-state index contributed by atoms with van der Waals surface area (Å²) in [5, 5.41) is 3.20. The summed E-state index contributed by atoms with van der Waals surface area (Å²) in [7, 11) is 0. The molecule has 1 aromatic carbocycles. The Hall–Kier alpha value is -1.33. The summed E-state index contributed by atoms with van der Waals surface area (Å²) in [5.74, 6) is 2.40. The Bertz CT molecular complexity index is 365. The van der Waals surface area contributed by atoms with Crippen LogP contribution in [0.2, 0.25) is 0 Å². The van der Waals surface area contributed by atoms with Crippen molar-refractivity contribution in [3.63, 3.8) is 0 Å². The van der Waals surface area contributed by atoms with E-state index < -0.39 is 0 Å². The predicted molar refractivity (Wildman–Crippen MR) is 61.0 cm³/mol. The van der Waals surface area contributed by atoms with E-state index in [1.54, 1.807) is 6.07 Å². The number of halogens is 1. The van der Waals surface area contributed by atoms with Crippen molar-refractivity contribution in [3.05, 3.63) is 35.1 Å². The van der Waals surface area contributed by atoms with Crippen molar-refractivity contribution >= 4 is 0 Å². The zero-order valence-corrected chi connectivity index (χ0v) is 9.18. The van der Waals surface area contributed by atoms with Crippen LogP contribution in [0.25, 0.3) is 0 Å². The Morgan fingerprint density at radius 1 is 1.53 bits per heavy atom. The molecule has 1 rings (SSSR count). The standard InChI is InChI=1S/C13H16FN/c1-4-8-15-13(5-2)12-9-11(14)7-6-10(12)3/h2,6-7,9,13,15H,4,8H2,1,3H3. The predicted octanol–water partition coefficient (Wildman–Crippen LogP) is 2.81. The van der Waals surface area contributed by atoms with E-state index in [4.69, 9.17) is 6.42 Å². The highest BCUT2D eigenvalue weighted by Crippen LogP contribution is 2.18. The van der Waals surface area contributed by atoms with Crippen molar-refractivity contribution in [1.82, 2.24) is 5.32 Å². The summed E-state index contributed by atoms with van der Waals surface area (Å²) in [6.45, 7) is 4.84. The first kappa shape index (κ1) is 11.7. The van der Waals surface area contributed by atoms with Gasteiger partial charge in [0.25, 0.3) is 0 Å². The normalized spacial score (nSPS) is 12.1. The van der Waals surface area contributed by atoms with Gasteiger partial charge in [-0.1, -0.05) is 18.9 Å². The lowest BCUT2D eigenvalue weighted by Crippen LogP contribution is -2.21. The monoisotopic (exact) mass is 205 g/mol. The summed E-state index contributed by atoms with van der Waals surface area (Å²) >= 11 is 0. The van der Waals surface area contributed by atoms with Crippen molar-refractivity contribution in [1.29, 1.82) is 0 Å². The molecular formula is C13H16FN. The van der Waals surface area contributed by atoms with E-state index >= 15 is 0 Å². The number of aryl methyl sites for hydroxylation is 1. The minimum absolute atomic E-state index is 0.194. The first-order valence-corrected chi connectivity index (χ1v) is 5.14. The highest BCUT2D eigenvalue weighted by atomic mass is 19.1. The first-order chi connectivity index (χ1) is 7.19. The zero-order valence-electron chi connectivity index (χ0n) is 9.18. The number of hydrogen-bond donors (Lipinski definition) is 1. The third kappa shape index (κ3) is 3.07. The Morgan fingerprint density at radius 3 is 2.87 bits per heavy atom. The molecule has 0 radical (unpaired) electrons.